The van der Waals surface area contributed by atoms with Crippen molar-refractivity contribution in [3.05, 3.63) is 52.2 Å². The number of thioether (sulfide) groups is 1. The first kappa shape index (κ1) is 14.6. The second kappa shape index (κ2) is 5.83. The zero-order valence-electron chi connectivity index (χ0n) is 11.7. The predicted molar refractivity (Wildman–Crippen MR) is 86.8 cm³/mol. The van der Waals surface area contributed by atoms with E-state index in [1.54, 1.807) is 30.0 Å². The number of carbonyl (C=O) groups excluding carboxylic acids is 1. The SMILES string of the molecule is CC(O)(CNC(=O)C1CSc2ccccc21)c1ccsc1. The third-order valence-electron chi connectivity index (χ3n) is 3.77. The molecular weight excluding hydrogens is 302 g/mol. The molecule has 0 radical (unpaired) electrons. The number of amides is 1. The van der Waals surface area contributed by atoms with Gasteiger partial charge in [-0.2, -0.15) is 11.3 Å². The topological polar surface area (TPSA) is 49.3 Å². The van der Waals surface area contributed by atoms with Crippen LogP contribution in [0.4, 0.5) is 0 Å². The number of benzene rings is 1. The maximum Gasteiger partial charge on any atom is 0.228 e. The van der Waals surface area contributed by atoms with Crippen LogP contribution in [-0.4, -0.2) is 23.3 Å². The molecule has 0 fully saturated rings. The Balaban J connectivity index is 1.66. The summed E-state index contributed by atoms with van der Waals surface area (Å²) in [5.41, 5.74) is 0.908. The van der Waals surface area contributed by atoms with E-state index in [0.717, 1.165) is 16.9 Å². The lowest BCUT2D eigenvalue weighted by Gasteiger charge is -2.24. The first-order chi connectivity index (χ1) is 10.1. The van der Waals surface area contributed by atoms with Gasteiger partial charge in [-0.1, -0.05) is 18.2 Å². The van der Waals surface area contributed by atoms with Gasteiger partial charge in [0.2, 0.25) is 5.91 Å². The van der Waals surface area contributed by atoms with Crippen molar-refractivity contribution in [2.24, 2.45) is 0 Å². The summed E-state index contributed by atoms with van der Waals surface area (Å²) in [4.78, 5) is 13.6. The lowest BCUT2D eigenvalue weighted by molar-refractivity contribution is -0.123. The van der Waals surface area contributed by atoms with Gasteiger partial charge >= 0.3 is 0 Å². The summed E-state index contributed by atoms with van der Waals surface area (Å²) in [7, 11) is 0. The minimum atomic E-state index is -1.03. The van der Waals surface area contributed by atoms with Crippen LogP contribution in [0.1, 0.15) is 24.0 Å². The van der Waals surface area contributed by atoms with Gasteiger partial charge in [-0.25, -0.2) is 0 Å². The smallest absolute Gasteiger partial charge is 0.228 e. The molecule has 1 aromatic heterocycles. The molecule has 2 N–H and O–H groups in total. The monoisotopic (exact) mass is 319 g/mol. The highest BCUT2D eigenvalue weighted by Gasteiger charge is 2.31. The van der Waals surface area contributed by atoms with E-state index >= 15 is 0 Å². The lowest BCUT2D eigenvalue weighted by Crippen LogP contribution is -2.40. The highest BCUT2D eigenvalue weighted by atomic mass is 32.2. The average molecular weight is 319 g/mol. The van der Waals surface area contributed by atoms with Crippen molar-refractivity contribution >= 4 is 29.0 Å². The Morgan fingerprint density at radius 1 is 1.43 bits per heavy atom. The molecule has 5 heteroatoms. The molecule has 0 spiro atoms. The molecule has 2 unspecified atom stereocenters. The van der Waals surface area contributed by atoms with E-state index in [0.29, 0.717) is 0 Å². The summed E-state index contributed by atoms with van der Waals surface area (Å²) >= 11 is 3.25. The van der Waals surface area contributed by atoms with E-state index in [1.807, 2.05) is 35.0 Å². The highest BCUT2D eigenvalue weighted by Crippen LogP contribution is 2.39. The fourth-order valence-corrected chi connectivity index (χ4v) is 4.45. The van der Waals surface area contributed by atoms with Gasteiger partial charge in [0.25, 0.3) is 0 Å². The Morgan fingerprint density at radius 2 is 2.24 bits per heavy atom. The van der Waals surface area contributed by atoms with Gasteiger partial charge in [0, 0.05) is 10.6 Å². The third-order valence-corrected chi connectivity index (χ3v) is 5.63. The van der Waals surface area contributed by atoms with Gasteiger partial charge in [0.05, 0.1) is 12.5 Å². The number of carbonyl (C=O) groups is 1. The molecule has 1 amide bonds. The van der Waals surface area contributed by atoms with E-state index in [4.69, 9.17) is 0 Å². The minimum absolute atomic E-state index is 0.0112. The maximum absolute atomic E-state index is 12.4. The molecule has 0 saturated carbocycles. The number of nitrogens with one attached hydrogen (secondary N) is 1. The third kappa shape index (κ3) is 3.00. The van der Waals surface area contributed by atoms with Gasteiger partial charge < -0.3 is 10.4 Å². The summed E-state index contributed by atoms with van der Waals surface area (Å²) in [6.45, 7) is 1.96. The van der Waals surface area contributed by atoms with Crippen molar-refractivity contribution in [3.8, 4) is 0 Å². The van der Waals surface area contributed by atoms with Gasteiger partial charge in [-0.05, 0) is 40.9 Å². The standard InChI is InChI=1S/C16H17NO2S2/c1-16(19,11-6-7-20-8-11)10-17-15(18)13-9-21-14-5-3-2-4-12(13)14/h2-8,13,19H,9-10H2,1H3,(H,17,18). The molecule has 1 aromatic carbocycles. The zero-order valence-corrected chi connectivity index (χ0v) is 13.3. The Hall–Kier alpha value is -1.30. The van der Waals surface area contributed by atoms with Crippen molar-refractivity contribution in [2.75, 3.05) is 12.3 Å². The Morgan fingerprint density at radius 3 is 3.00 bits per heavy atom. The Labute approximate surface area is 132 Å². The predicted octanol–water partition coefficient (Wildman–Crippen LogP) is 2.96. The fraction of sp³-hybridized carbons (Fsp3) is 0.312. The molecule has 0 aliphatic carbocycles. The van der Waals surface area contributed by atoms with Crippen LogP contribution in [0.15, 0.2) is 46.0 Å². The zero-order chi connectivity index (χ0) is 14.9. The van der Waals surface area contributed by atoms with Crippen molar-refractivity contribution in [1.82, 2.24) is 5.32 Å². The van der Waals surface area contributed by atoms with Crippen LogP contribution in [-0.2, 0) is 10.4 Å². The summed E-state index contributed by atoms with van der Waals surface area (Å²) in [5.74, 6) is 0.638. The van der Waals surface area contributed by atoms with E-state index in [-0.39, 0.29) is 18.4 Å². The van der Waals surface area contributed by atoms with Crippen molar-refractivity contribution in [3.63, 3.8) is 0 Å². The quantitative estimate of drug-likeness (QED) is 0.911. The van der Waals surface area contributed by atoms with Gasteiger partial charge in [-0.3, -0.25) is 4.79 Å². The van der Waals surface area contributed by atoms with Crippen LogP contribution in [0.3, 0.4) is 0 Å². The van der Waals surface area contributed by atoms with Gasteiger partial charge in [0.1, 0.15) is 5.60 Å². The van der Waals surface area contributed by atoms with E-state index in [1.165, 1.54) is 4.90 Å². The van der Waals surface area contributed by atoms with Crippen LogP contribution in [0, 0.1) is 0 Å². The molecule has 3 nitrogen and oxygen atoms in total. The first-order valence-corrected chi connectivity index (χ1v) is 8.75. The second-order valence-electron chi connectivity index (χ2n) is 5.41. The van der Waals surface area contributed by atoms with Crippen LogP contribution in [0.2, 0.25) is 0 Å². The highest BCUT2D eigenvalue weighted by molar-refractivity contribution is 7.99. The summed E-state index contributed by atoms with van der Waals surface area (Å²) in [6, 6.07) is 9.91. The number of hydrogen-bond donors (Lipinski definition) is 2. The Kier molecular flexibility index (Phi) is 4.06. The number of hydrogen-bond acceptors (Lipinski definition) is 4. The number of thiophene rings is 1. The number of fused-ring (bicyclic) bond motifs is 1. The summed E-state index contributed by atoms with van der Waals surface area (Å²) in [5, 5.41) is 17.2. The number of aliphatic hydroxyl groups is 1. The molecule has 2 heterocycles. The molecule has 3 rings (SSSR count). The van der Waals surface area contributed by atoms with Gasteiger partial charge in [0.15, 0.2) is 0 Å². The van der Waals surface area contributed by atoms with Crippen molar-refractivity contribution in [2.45, 2.75) is 23.3 Å². The van der Waals surface area contributed by atoms with Crippen molar-refractivity contribution < 1.29 is 9.90 Å². The molecule has 0 saturated heterocycles. The van der Waals surface area contributed by atoms with E-state index < -0.39 is 5.60 Å². The van der Waals surface area contributed by atoms with Gasteiger partial charge in [-0.15, -0.1) is 11.8 Å². The normalized spacial score (nSPS) is 19.8. The molecule has 110 valence electrons. The number of rotatable bonds is 4. The molecule has 21 heavy (non-hydrogen) atoms. The van der Waals surface area contributed by atoms with E-state index in [2.05, 4.69) is 11.4 Å². The summed E-state index contributed by atoms with van der Waals surface area (Å²) in [6.07, 6.45) is 0. The van der Waals surface area contributed by atoms with E-state index in [9.17, 15) is 9.90 Å². The average Bonchev–Trinajstić information content (AvgIpc) is 3.14. The van der Waals surface area contributed by atoms with Crippen molar-refractivity contribution in [1.29, 1.82) is 0 Å². The van der Waals surface area contributed by atoms with Crippen LogP contribution >= 0.6 is 23.1 Å². The summed E-state index contributed by atoms with van der Waals surface area (Å²) < 4.78 is 0. The second-order valence-corrected chi connectivity index (χ2v) is 7.25. The first-order valence-electron chi connectivity index (χ1n) is 6.82. The molecule has 1 aliphatic rings. The molecule has 2 aromatic rings. The molecular formula is C16H17NO2S2. The molecule has 2 atom stereocenters. The van der Waals surface area contributed by atoms with Crippen LogP contribution in [0.25, 0.3) is 0 Å². The molecule has 0 bridgehead atoms. The minimum Gasteiger partial charge on any atom is -0.384 e. The molecule has 1 aliphatic heterocycles. The lowest BCUT2D eigenvalue weighted by atomic mass is 9.97. The van der Waals surface area contributed by atoms with Crippen LogP contribution < -0.4 is 5.32 Å². The van der Waals surface area contributed by atoms with Crippen LogP contribution in [0.5, 0.6) is 0 Å². The largest absolute Gasteiger partial charge is 0.384 e. The maximum atomic E-state index is 12.4. The Bertz CT molecular complexity index is 637. The fourth-order valence-electron chi connectivity index (χ4n) is 2.44.